The molecule has 7 heteroatoms. The van der Waals surface area contributed by atoms with Gasteiger partial charge in [0.25, 0.3) is 0 Å². The number of furan rings is 1. The summed E-state index contributed by atoms with van der Waals surface area (Å²) in [6.07, 6.45) is 0. The third kappa shape index (κ3) is 3.84. The van der Waals surface area contributed by atoms with E-state index in [2.05, 4.69) is 34.7 Å². The van der Waals surface area contributed by atoms with Crippen LogP contribution in [0.3, 0.4) is 0 Å². The Hall–Kier alpha value is -1.73. The Kier molecular flexibility index (Phi) is 6.51. The van der Waals surface area contributed by atoms with Crippen LogP contribution in [0.2, 0.25) is 0 Å². The molecule has 0 aliphatic rings. The van der Waals surface area contributed by atoms with Crippen LogP contribution < -0.4 is 9.47 Å². The monoisotopic (exact) mass is 399 g/mol. The number of rotatable bonds is 8. The van der Waals surface area contributed by atoms with E-state index < -0.39 is 5.97 Å². The first-order chi connectivity index (χ1) is 11.5. The van der Waals surface area contributed by atoms with Gasteiger partial charge in [-0.1, -0.05) is 13.8 Å². The van der Waals surface area contributed by atoms with Crippen LogP contribution in [0, 0.1) is 0 Å². The second-order valence-corrected chi connectivity index (χ2v) is 5.97. The zero-order valence-corrected chi connectivity index (χ0v) is 15.9. The Bertz CT molecular complexity index is 709. The van der Waals surface area contributed by atoms with E-state index in [9.17, 15) is 4.79 Å². The third-order valence-electron chi connectivity index (χ3n) is 3.81. The summed E-state index contributed by atoms with van der Waals surface area (Å²) in [5.41, 5.74) is 0.468. The predicted molar refractivity (Wildman–Crippen MR) is 95.1 cm³/mol. The molecule has 1 aromatic carbocycles. The number of carbonyl (C=O) groups is 1. The van der Waals surface area contributed by atoms with Gasteiger partial charge in [0.1, 0.15) is 6.61 Å². The molecule has 0 aliphatic carbocycles. The Morgan fingerprint density at radius 1 is 1.21 bits per heavy atom. The number of fused-ring (bicyclic) bond motifs is 1. The number of hydrogen-bond donors (Lipinski definition) is 0. The number of methoxy groups -OCH3 is 2. The van der Waals surface area contributed by atoms with Crippen LogP contribution in [0.5, 0.6) is 11.5 Å². The molecule has 0 bridgehead atoms. The van der Waals surface area contributed by atoms with Gasteiger partial charge < -0.3 is 23.5 Å². The molecule has 0 aliphatic heterocycles. The summed E-state index contributed by atoms with van der Waals surface area (Å²) in [6.45, 7) is 7.40. The smallest absolute Gasteiger partial charge is 0.373 e. The lowest BCUT2D eigenvalue weighted by Gasteiger charge is -2.19. The zero-order valence-electron chi connectivity index (χ0n) is 14.3. The molecule has 0 spiro atoms. The van der Waals surface area contributed by atoms with Crippen molar-refractivity contribution in [3.05, 3.63) is 22.4 Å². The van der Waals surface area contributed by atoms with Gasteiger partial charge in [-0.3, -0.25) is 0 Å². The van der Waals surface area contributed by atoms with Crippen molar-refractivity contribution >= 4 is 32.9 Å². The van der Waals surface area contributed by atoms with Gasteiger partial charge in [-0.2, -0.15) is 0 Å². The highest BCUT2D eigenvalue weighted by atomic mass is 79.9. The largest absolute Gasteiger partial charge is 0.492 e. The maximum atomic E-state index is 11.7. The van der Waals surface area contributed by atoms with Crippen molar-refractivity contribution < 1.29 is 23.4 Å². The molecule has 1 aromatic heterocycles. The van der Waals surface area contributed by atoms with Gasteiger partial charge in [-0.15, -0.1) is 0 Å². The van der Waals surface area contributed by atoms with Crippen molar-refractivity contribution in [1.82, 2.24) is 4.90 Å². The van der Waals surface area contributed by atoms with Crippen molar-refractivity contribution in [2.24, 2.45) is 0 Å². The third-order valence-corrected chi connectivity index (χ3v) is 4.40. The lowest BCUT2D eigenvalue weighted by Crippen LogP contribution is -2.28. The lowest BCUT2D eigenvalue weighted by atomic mass is 10.2. The highest BCUT2D eigenvalue weighted by Gasteiger charge is 2.21. The quantitative estimate of drug-likeness (QED) is 0.630. The molecule has 0 saturated carbocycles. The van der Waals surface area contributed by atoms with E-state index in [-0.39, 0.29) is 5.76 Å². The Morgan fingerprint density at radius 3 is 2.50 bits per heavy atom. The van der Waals surface area contributed by atoms with Crippen LogP contribution in [-0.4, -0.2) is 51.3 Å². The molecule has 0 fully saturated rings. The number of nitrogens with zero attached hydrogens (tertiary/aromatic N) is 1. The maximum Gasteiger partial charge on any atom is 0.373 e. The minimum Gasteiger partial charge on any atom is -0.492 e. The molecule has 24 heavy (non-hydrogen) atoms. The highest BCUT2D eigenvalue weighted by Crippen LogP contribution is 2.43. The van der Waals surface area contributed by atoms with E-state index in [1.54, 1.807) is 13.2 Å². The number of ether oxygens (including phenoxy) is 3. The molecular formula is C17H22BrNO5. The molecule has 2 rings (SSSR count). The number of benzene rings is 1. The number of carbonyl (C=O) groups excluding carboxylic acids is 1. The molecular weight excluding hydrogens is 378 g/mol. The Labute approximate surface area is 149 Å². The standard InChI is InChI=1S/C17H22BrNO5/c1-5-19(6-2)7-8-23-16-14-11(9-12(18)15(16)21-3)10-13(24-14)17(20)22-4/h9-10H,5-8H2,1-4H3. The van der Waals surface area contributed by atoms with Crippen LogP contribution in [0.4, 0.5) is 0 Å². The van der Waals surface area contributed by atoms with Crippen LogP contribution >= 0.6 is 15.9 Å². The van der Waals surface area contributed by atoms with Crippen LogP contribution in [0.25, 0.3) is 11.0 Å². The molecule has 0 amide bonds. The second kappa shape index (κ2) is 8.39. The van der Waals surface area contributed by atoms with Crippen LogP contribution in [0.15, 0.2) is 21.0 Å². The van der Waals surface area contributed by atoms with Crippen molar-refractivity contribution in [3.63, 3.8) is 0 Å². The van der Waals surface area contributed by atoms with Crippen LogP contribution in [0.1, 0.15) is 24.4 Å². The second-order valence-electron chi connectivity index (χ2n) is 5.12. The Morgan fingerprint density at radius 2 is 1.92 bits per heavy atom. The van der Waals surface area contributed by atoms with Gasteiger partial charge in [-0.25, -0.2) is 4.79 Å². The molecule has 0 saturated heterocycles. The number of hydrogen-bond acceptors (Lipinski definition) is 6. The number of esters is 1. The van der Waals surface area contributed by atoms with Gasteiger partial charge in [0.05, 0.1) is 18.7 Å². The molecule has 0 radical (unpaired) electrons. The van der Waals surface area contributed by atoms with E-state index in [4.69, 9.17) is 18.6 Å². The molecule has 1 heterocycles. The highest BCUT2D eigenvalue weighted by molar-refractivity contribution is 9.10. The number of halogens is 1. The van der Waals surface area contributed by atoms with Crippen molar-refractivity contribution in [3.8, 4) is 11.5 Å². The minimum atomic E-state index is -0.532. The van der Waals surface area contributed by atoms with Gasteiger partial charge in [0.2, 0.25) is 11.5 Å². The van der Waals surface area contributed by atoms with Gasteiger partial charge in [-0.05, 0) is 41.2 Å². The molecule has 132 valence electrons. The maximum absolute atomic E-state index is 11.7. The summed E-state index contributed by atoms with van der Waals surface area (Å²) >= 11 is 3.47. The van der Waals surface area contributed by atoms with E-state index in [1.807, 2.05) is 6.07 Å². The molecule has 6 nitrogen and oxygen atoms in total. The normalized spacial score (nSPS) is 11.1. The average molecular weight is 400 g/mol. The topological polar surface area (TPSA) is 61.1 Å². The fourth-order valence-electron chi connectivity index (χ4n) is 2.44. The zero-order chi connectivity index (χ0) is 17.7. The van der Waals surface area contributed by atoms with Crippen molar-refractivity contribution in [2.45, 2.75) is 13.8 Å². The minimum absolute atomic E-state index is 0.126. The number of likely N-dealkylation sites (N-methyl/N-ethyl adjacent to an activating group) is 1. The fourth-order valence-corrected chi connectivity index (χ4v) is 3.03. The van der Waals surface area contributed by atoms with E-state index in [1.165, 1.54) is 7.11 Å². The molecule has 0 unspecified atom stereocenters. The average Bonchev–Trinajstić information content (AvgIpc) is 3.01. The van der Waals surface area contributed by atoms with Gasteiger partial charge in [0.15, 0.2) is 11.3 Å². The summed E-state index contributed by atoms with van der Waals surface area (Å²) in [5.74, 6) is 0.605. The fraction of sp³-hybridized carbons (Fsp3) is 0.471. The van der Waals surface area contributed by atoms with Gasteiger partial charge >= 0.3 is 5.97 Å². The molecule has 0 atom stereocenters. The van der Waals surface area contributed by atoms with Gasteiger partial charge in [0, 0.05) is 11.9 Å². The summed E-state index contributed by atoms with van der Waals surface area (Å²) in [5, 5.41) is 0.737. The molecule has 2 aromatic rings. The van der Waals surface area contributed by atoms with Crippen LogP contribution in [-0.2, 0) is 4.74 Å². The summed E-state index contributed by atoms with van der Waals surface area (Å²) in [4.78, 5) is 14.0. The van der Waals surface area contributed by atoms with E-state index in [0.717, 1.165) is 29.5 Å². The van der Waals surface area contributed by atoms with E-state index >= 15 is 0 Å². The summed E-state index contributed by atoms with van der Waals surface area (Å²) < 4.78 is 22.5. The first-order valence-corrected chi connectivity index (χ1v) is 8.58. The molecule has 0 N–H and O–H groups in total. The summed E-state index contributed by atoms with van der Waals surface area (Å²) in [6, 6.07) is 3.45. The first-order valence-electron chi connectivity index (χ1n) is 7.79. The lowest BCUT2D eigenvalue weighted by molar-refractivity contribution is 0.0567. The summed E-state index contributed by atoms with van der Waals surface area (Å²) in [7, 11) is 2.88. The Balaban J connectivity index is 2.37. The SMILES string of the molecule is CCN(CC)CCOc1c(OC)c(Br)cc2cc(C(=O)OC)oc12. The van der Waals surface area contributed by atoms with Crippen molar-refractivity contribution in [2.75, 3.05) is 40.5 Å². The van der Waals surface area contributed by atoms with Crippen molar-refractivity contribution in [1.29, 1.82) is 0 Å². The van der Waals surface area contributed by atoms with E-state index in [0.29, 0.717) is 23.7 Å². The predicted octanol–water partition coefficient (Wildman–Crippen LogP) is 3.71. The first kappa shape index (κ1) is 18.6.